The molecule has 0 bridgehead atoms. The molecule has 0 saturated heterocycles. The Morgan fingerprint density at radius 3 is 2.79 bits per heavy atom. The summed E-state index contributed by atoms with van der Waals surface area (Å²) in [5.74, 6) is -0.286. The highest BCUT2D eigenvalue weighted by Gasteiger charge is 2.32. The van der Waals surface area contributed by atoms with Gasteiger partial charge in [-0.25, -0.2) is 0 Å². The van der Waals surface area contributed by atoms with Crippen LogP contribution in [0.25, 0.3) is 0 Å². The minimum Gasteiger partial charge on any atom is -0.396 e. The molecule has 1 rings (SSSR count). The number of nitrogens with one attached hydrogen (secondary N) is 1. The van der Waals surface area contributed by atoms with Gasteiger partial charge in [-0.1, -0.05) is 0 Å². The minimum atomic E-state index is -0.507. The summed E-state index contributed by atoms with van der Waals surface area (Å²) in [6, 6.07) is -0.0372. The molecular weight excluding hydrogens is 186 g/mol. The van der Waals surface area contributed by atoms with Gasteiger partial charge < -0.3 is 20.3 Å². The first-order valence-electron chi connectivity index (χ1n) is 4.74. The monoisotopic (exact) mass is 203 g/mol. The van der Waals surface area contributed by atoms with Crippen molar-refractivity contribution < 1.29 is 19.7 Å². The molecule has 14 heavy (non-hydrogen) atoms. The van der Waals surface area contributed by atoms with Gasteiger partial charge in [-0.05, 0) is 12.8 Å². The zero-order valence-electron chi connectivity index (χ0n) is 8.27. The highest BCUT2D eigenvalue weighted by Crippen LogP contribution is 2.25. The molecule has 5 nitrogen and oxygen atoms in total. The second-order valence-corrected chi connectivity index (χ2v) is 3.68. The van der Waals surface area contributed by atoms with Crippen molar-refractivity contribution in [2.24, 2.45) is 5.92 Å². The van der Waals surface area contributed by atoms with Crippen molar-refractivity contribution in [3.05, 3.63) is 0 Å². The second kappa shape index (κ2) is 5.29. The molecular formula is C9H17NO4. The third kappa shape index (κ3) is 2.94. The van der Waals surface area contributed by atoms with E-state index in [9.17, 15) is 9.90 Å². The fourth-order valence-electron chi connectivity index (χ4n) is 1.82. The van der Waals surface area contributed by atoms with E-state index in [0.717, 1.165) is 0 Å². The number of ether oxygens (including phenoxy) is 1. The Hall–Kier alpha value is -0.650. The van der Waals surface area contributed by atoms with Crippen LogP contribution >= 0.6 is 0 Å². The van der Waals surface area contributed by atoms with Crippen molar-refractivity contribution >= 4 is 5.91 Å². The number of aliphatic hydroxyl groups is 2. The quantitative estimate of drug-likeness (QED) is 0.541. The summed E-state index contributed by atoms with van der Waals surface area (Å²) >= 11 is 0. The zero-order chi connectivity index (χ0) is 10.6. The zero-order valence-corrected chi connectivity index (χ0v) is 8.27. The number of amides is 1. The van der Waals surface area contributed by atoms with Gasteiger partial charge >= 0.3 is 0 Å². The molecule has 0 aromatic rings. The molecule has 0 unspecified atom stereocenters. The van der Waals surface area contributed by atoms with Crippen molar-refractivity contribution in [2.75, 3.05) is 20.3 Å². The molecule has 0 aromatic carbocycles. The van der Waals surface area contributed by atoms with E-state index < -0.39 is 6.10 Å². The summed E-state index contributed by atoms with van der Waals surface area (Å²) in [6.07, 6.45) is 0.640. The van der Waals surface area contributed by atoms with Crippen molar-refractivity contribution in [1.29, 1.82) is 0 Å². The van der Waals surface area contributed by atoms with Gasteiger partial charge in [0.1, 0.15) is 6.61 Å². The highest BCUT2D eigenvalue weighted by atomic mass is 16.5. The normalized spacial score (nSPS) is 31.8. The number of rotatable bonds is 4. The summed E-state index contributed by atoms with van der Waals surface area (Å²) in [4.78, 5) is 11.1. The van der Waals surface area contributed by atoms with Gasteiger partial charge in [-0.2, -0.15) is 0 Å². The number of carbonyl (C=O) groups excluding carboxylic acids is 1. The summed E-state index contributed by atoms with van der Waals surface area (Å²) in [7, 11) is 1.46. The van der Waals surface area contributed by atoms with Gasteiger partial charge in [0.05, 0.1) is 6.10 Å². The SMILES string of the molecule is COCC(=O)N[C@@H]1C[C@H](CO)[C@H](O)C1. The first-order chi connectivity index (χ1) is 6.67. The highest BCUT2D eigenvalue weighted by molar-refractivity contribution is 5.77. The maximum absolute atomic E-state index is 11.1. The third-order valence-electron chi connectivity index (χ3n) is 2.53. The Labute approximate surface area is 83.1 Å². The molecule has 0 aliphatic heterocycles. The molecule has 1 aliphatic rings. The van der Waals surface area contributed by atoms with Crippen LogP contribution < -0.4 is 5.32 Å². The van der Waals surface area contributed by atoms with Gasteiger partial charge in [0.15, 0.2) is 0 Å². The lowest BCUT2D eigenvalue weighted by molar-refractivity contribution is -0.125. The Kier molecular flexibility index (Phi) is 4.31. The molecule has 1 amide bonds. The molecule has 1 aliphatic carbocycles. The molecule has 3 N–H and O–H groups in total. The average Bonchev–Trinajstić information content (AvgIpc) is 2.46. The van der Waals surface area contributed by atoms with Crippen LogP contribution in [0.3, 0.4) is 0 Å². The first kappa shape index (κ1) is 11.4. The van der Waals surface area contributed by atoms with Crippen LogP contribution in [0.5, 0.6) is 0 Å². The predicted octanol–water partition coefficient (Wildman–Crippen LogP) is -1.12. The molecule has 0 aromatic heterocycles. The van der Waals surface area contributed by atoms with Gasteiger partial charge in [0, 0.05) is 25.7 Å². The fourth-order valence-corrected chi connectivity index (χ4v) is 1.82. The van der Waals surface area contributed by atoms with Crippen LogP contribution in [0.4, 0.5) is 0 Å². The lowest BCUT2D eigenvalue weighted by Crippen LogP contribution is -2.35. The van der Waals surface area contributed by atoms with E-state index in [2.05, 4.69) is 10.1 Å². The van der Waals surface area contributed by atoms with Crippen LogP contribution in [-0.4, -0.2) is 48.6 Å². The van der Waals surface area contributed by atoms with Crippen molar-refractivity contribution in [3.63, 3.8) is 0 Å². The Bertz CT molecular complexity index is 197. The number of methoxy groups -OCH3 is 1. The molecule has 82 valence electrons. The lowest BCUT2D eigenvalue weighted by atomic mass is 10.1. The Balaban J connectivity index is 2.31. The van der Waals surface area contributed by atoms with E-state index in [1.54, 1.807) is 0 Å². The maximum atomic E-state index is 11.1. The van der Waals surface area contributed by atoms with Crippen LogP contribution in [0.2, 0.25) is 0 Å². The van der Waals surface area contributed by atoms with Crippen LogP contribution in [0, 0.1) is 5.92 Å². The number of hydrogen-bond acceptors (Lipinski definition) is 4. The third-order valence-corrected chi connectivity index (χ3v) is 2.53. The van der Waals surface area contributed by atoms with Gasteiger partial charge in [-0.3, -0.25) is 4.79 Å². The largest absolute Gasteiger partial charge is 0.396 e. The van der Waals surface area contributed by atoms with Gasteiger partial charge in [0.2, 0.25) is 5.91 Å². The van der Waals surface area contributed by atoms with Crippen LogP contribution in [0.15, 0.2) is 0 Å². The minimum absolute atomic E-state index is 0.0299. The summed E-state index contributed by atoms with van der Waals surface area (Å²) in [5, 5.41) is 21.1. The molecule has 0 spiro atoms. The lowest BCUT2D eigenvalue weighted by Gasteiger charge is -2.11. The first-order valence-corrected chi connectivity index (χ1v) is 4.74. The molecule has 3 atom stereocenters. The summed E-state index contributed by atoms with van der Waals surface area (Å²) in [6.45, 7) is 0.00814. The fraction of sp³-hybridized carbons (Fsp3) is 0.889. The second-order valence-electron chi connectivity index (χ2n) is 3.68. The van der Waals surface area contributed by atoms with Crippen LogP contribution in [-0.2, 0) is 9.53 Å². The Morgan fingerprint density at radius 1 is 1.57 bits per heavy atom. The summed E-state index contributed by atoms with van der Waals surface area (Å²) < 4.78 is 4.67. The predicted molar refractivity (Wildman–Crippen MR) is 49.6 cm³/mol. The van der Waals surface area contributed by atoms with Crippen LogP contribution in [0.1, 0.15) is 12.8 Å². The standard InChI is InChI=1S/C9H17NO4/c1-14-5-9(13)10-7-2-6(4-11)8(12)3-7/h6-8,11-12H,2-5H2,1H3,(H,10,13)/t6-,7-,8-/m1/s1. The maximum Gasteiger partial charge on any atom is 0.246 e. The van der Waals surface area contributed by atoms with E-state index in [0.29, 0.717) is 12.8 Å². The molecule has 1 fully saturated rings. The van der Waals surface area contributed by atoms with E-state index >= 15 is 0 Å². The van der Waals surface area contributed by atoms with Crippen molar-refractivity contribution in [1.82, 2.24) is 5.32 Å². The number of aliphatic hydroxyl groups excluding tert-OH is 2. The summed E-state index contributed by atoms with van der Waals surface area (Å²) in [5.41, 5.74) is 0. The number of hydrogen-bond donors (Lipinski definition) is 3. The topological polar surface area (TPSA) is 78.8 Å². The van der Waals surface area contributed by atoms with E-state index in [-0.39, 0.29) is 31.1 Å². The molecule has 0 radical (unpaired) electrons. The van der Waals surface area contributed by atoms with Crippen molar-refractivity contribution in [2.45, 2.75) is 25.0 Å². The van der Waals surface area contributed by atoms with E-state index in [1.165, 1.54) is 7.11 Å². The smallest absolute Gasteiger partial charge is 0.246 e. The molecule has 5 heteroatoms. The van der Waals surface area contributed by atoms with Gasteiger partial charge in [-0.15, -0.1) is 0 Å². The number of carbonyl (C=O) groups is 1. The van der Waals surface area contributed by atoms with Gasteiger partial charge in [0.25, 0.3) is 0 Å². The van der Waals surface area contributed by atoms with Crippen molar-refractivity contribution in [3.8, 4) is 0 Å². The molecule has 1 saturated carbocycles. The Morgan fingerprint density at radius 2 is 2.29 bits per heavy atom. The average molecular weight is 203 g/mol. The molecule has 0 heterocycles. The van der Waals surface area contributed by atoms with E-state index in [4.69, 9.17) is 5.11 Å². The van der Waals surface area contributed by atoms with E-state index in [1.807, 2.05) is 0 Å².